The largest absolute Gasteiger partial charge is 0.283 e. The second-order valence-corrected chi connectivity index (χ2v) is 18.2. The standard InChI is InChI=1S/C50H45B2N5/c1-28-16-14-17-29(2)41(28)51-35-26-32(50(5,6)7)27-36-45(35)57-48-43(51)33-20-8-12-24-39(33)55(48)46-47(54-38-23-11-10-22-37(38)53-46)56-40-25-13-9-21-34(40)44(49(56)57)52(36)42-30(3)18-15-19-31(42)4/h8-9,12-21,24-27H,10-11,22-23H2,1-7H3. The predicted octanol–water partition coefficient (Wildman–Crippen LogP) is 6.86. The fourth-order valence-corrected chi connectivity index (χ4v) is 11.3. The summed E-state index contributed by atoms with van der Waals surface area (Å²) in [6.45, 7) is 16.4. The average molecular weight is 738 g/mol. The van der Waals surface area contributed by atoms with Crippen molar-refractivity contribution in [1.82, 2.24) is 23.3 Å². The van der Waals surface area contributed by atoms with Crippen molar-refractivity contribution in [3.05, 3.63) is 136 Å². The molecule has 3 aliphatic rings. The van der Waals surface area contributed by atoms with Gasteiger partial charge in [0, 0.05) is 5.69 Å². The molecule has 0 atom stereocenters. The zero-order valence-electron chi connectivity index (χ0n) is 34.0. The van der Waals surface area contributed by atoms with Gasteiger partial charge in [-0.25, -0.2) is 9.97 Å². The molecule has 0 N–H and O–H groups in total. The van der Waals surface area contributed by atoms with Crippen LogP contribution < -0.4 is 32.8 Å². The van der Waals surface area contributed by atoms with E-state index in [4.69, 9.17) is 9.97 Å². The van der Waals surface area contributed by atoms with Gasteiger partial charge in [0.15, 0.2) is 11.3 Å². The van der Waals surface area contributed by atoms with Gasteiger partial charge in [0.25, 0.3) is 0 Å². The highest BCUT2D eigenvalue weighted by molar-refractivity contribution is 7.03. The Bertz CT molecular complexity index is 3050. The molecule has 0 radical (unpaired) electrons. The number of para-hydroxylation sites is 2. The van der Waals surface area contributed by atoms with Gasteiger partial charge in [-0.2, -0.15) is 0 Å². The Morgan fingerprint density at radius 1 is 0.526 bits per heavy atom. The summed E-state index contributed by atoms with van der Waals surface area (Å²) in [5.74, 6) is 0. The summed E-state index contributed by atoms with van der Waals surface area (Å²) in [5, 5.41) is 2.56. The molecule has 276 valence electrons. The first-order valence-corrected chi connectivity index (χ1v) is 20.9. The highest BCUT2D eigenvalue weighted by Gasteiger charge is 2.46. The van der Waals surface area contributed by atoms with Crippen LogP contribution in [0.1, 0.15) is 72.8 Å². The van der Waals surface area contributed by atoms with Gasteiger partial charge in [0.05, 0.1) is 22.4 Å². The Morgan fingerprint density at radius 3 is 1.37 bits per heavy atom. The van der Waals surface area contributed by atoms with Gasteiger partial charge in [-0.05, 0) is 109 Å². The van der Waals surface area contributed by atoms with Crippen LogP contribution in [0.3, 0.4) is 0 Å². The third-order valence-corrected chi connectivity index (χ3v) is 13.8. The zero-order valence-corrected chi connectivity index (χ0v) is 34.0. The molecule has 5 aromatic carbocycles. The third kappa shape index (κ3) is 4.27. The van der Waals surface area contributed by atoms with Gasteiger partial charge in [0.1, 0.15) is 11.3 Å². The van der Waals surface area contributed by atoms with Gasteiger partial charge < -0.3 is 0 Å². The van der Waals surface area contributed by atoms with Crippen LogP contribution >= 0.6 is 0 Å². The van der Waals surface area contributed by atoms with Crippen molar-refractivity contribution in [2.45, 2.75) is 79.6 Å². The van der Waals surface area contributed by atoms with E-state index in [1.165, 1.54) is 99.4 Å². The van der Waals surface area contributed by atoms with Crippen molar-refractivity contribution in [3.63, 3.8) is 0 Å². The van der Waals surface area contributed by atoms with Crippen molar-refractivity contribution >= 4 is 90.6 Å². The summed E-state index contributed by atoms with van der Waals surface area (Å²) < 4.78 is 7.70. The Kier molecular flexibility index (Phi) is 6.67. The van der Waals surface area contributed by atoms with Crippen LogP contribution in [0, 0.1) is 27.7 Å². The Morgan fingerprint density at radius 2 is 0.947 bits per heavy atom. The number of aryl methyl sites for hydroxylation is 6. The number of fused-ring (bicyclic) bond motifs is 10. The number of nitrogens with zero attached hydrogens (tertiary/aromatic N) is 5. The van der Waals surface area contributed by atoms with Crippen LogP contribution in [0.15, 0.2) is 97.1 Å². The average Bonchev–Trinajstić information content (AvgIpc) is 3.68. The van der Waals surface area contributed by atoms with E-state index in [-0.39, 0.29) is 18.8 Å². The summed E-state index contributed by atoms with van der Waals surface area (Å²) in [6.07, 6.45) is 4.23. The van der Waals surface area contributed by atoms with Crippen LogP contribution in [0.5, 0.6) is 0 Å². The van der Waals surface area contributed by atoms with E-state index in [0.29, 0.717) is 0 Å². The van der Waals surface area contributed by atoms with Crippen LogP contribution in [0.4, 0.5) is 0 Å². The molecule has 0 bridgehead atoms. The van der Waals surface area contributed by atoms with Gasteiger partial charge in [0.2, 0.25) is 13.4 Å². The van der Waals surface area contributed by atoms with Gasteiger partial charge in [-0.15, -0.1) is 0 Å². The summed E-state index contributed by atoms with van der Waals surface area (Å²) in [5.41, 5.74) is 25.2. The second-order valence-electron chi connectivity index (χ2n) is 18.2. The summed E-state index contributed by atoms with van der Waals surface area (Å²) in [6, 6.07) is 37.1. The molecule has 6 heterocycles. The van der Waals surface area contributed by atoms with Crippen LogP contribution in [0.2, 0.25) is 0 Å². The van der Waals surface area contributed by atoms with Crippen molar-refractivity contribution in [3.8, 4) is 5.69 Å². The molecular formula is C50H45B2N5. The smallest absolute Gasteiger partial charge is 0.250 e. The van der Waals surface area contributed by atoms with Crippen LogP contribution in [-0.4, -0.2) is 36.8 Å². The fraction of sp³-hybridized carbons (Fsp3) is 0.240. The summed E-state index contributed by atoms with van der Waals surface area (Å²) in [7, 11) is 0. The van der Waals surface area contributed by atoms with Gasteiger partial charge in [-0.3, -0.25) is 13.4 Å². The van der Waals surface area contributed by atoms with E-state index in [0.717, 1.165) is 48.4 Å². The number of rotatable bonds is 2. The van der Waals surface area contributed by atoms with Crippen LogP contribution in [-0.2, 0) is 18.3 Å². The maximum atomic E-state index is 5.74. The molecule has 9 aromatic rings. The molecule has 4 aromatic heterocycles. The maximum absolute atomic E-state index is 5.74. The quantitative estimate of drug-likeness (QED) is 0.182. The first-order chi connectivity index (χ1) is 27.6. The van der Waals surface area contributed by atoms with Crippen molar-refractivity contribution in [2.24, 2.45) is 0 Å². The van der Waals surface area contributed by atoms with Gasteiger partial charge >= 0.3 is 0 Å². The lowest BCUT2D eigenvalue weighted by atomic mass is 9.30. The van der Waals surface area contributed by atoms with E-state index >= 15 is 0 Å². The minimum absolute atomic E-state index is 0.00443. The molecule has 0 fully saturated rings. The molecule has 57 heavy (non-hydrogen) atoms. The topological polar surface area (TPSA) is 39.5 Å². The lowest BCUT2D eigenvalue weighted by Gasteiger charge is -2.37. The maximum Gasteiger partial charge on any atom is 0.250 e. The molecule has 0 saturated heterocycles. The molecule has 12 rings (SSSR count). The molecule has 2 aliphatic heterocycles. The molecule has 0 spiro atoms. The molecule has 1 aliphatic carbocycles. The first-order valence-electron chi connectivity index (χ1n) is 20.9. The van der Waals surface area contributed by atoms with Crippen molar-refractivity contribution in [2.75, 3.05) is 0 Å². The lowest BCUT2D eigenvalue weighted by Crippen LogP contribution is -2.64. The second kappa shape index (κ2) is 11.4. The Balaban J connectivity index is 1.46. The molecule has 0 unspecified atom stereocenters. The normalized spacial score (nSPS) is 14.6. The fourth-order valence-electron chi connectivity index (χ4n) is 11.3. The Labute approximate surface area is 334 Å². The first kappa shape index (κ1) is 33.3. The van der Waals surface area contributed by atoms with Crippen molar-refractivity contribution < 1.29 is 0 Å². The Hall–Kier alpha value is -5.81. The number of hydrogen-bond donors (Lipinski definition) is 0. The predicted molar refractivity (Wildman–Crippen MR) is 241 cm³/mol. The molecule has 5 nitrogen and oxygen atoms in total. The number of benzene rings is 5. The van der Waals surface area contributed by atoms with E-state index in [9.17, 15) is 0 Å². The van der Waals surface area contributed by atoms with E-state index < -0.39 is 0 Å². The van der Waals surface area contributed by atoms with E-state index in [1.54, 1.807) is 0 Å². The highest BCUT2D eigenvalue weighted by atomic mass is 15.2. The third-order valence-electron chi connectivity index (χ3n) is 13.8. The number of aromatic nitrogens is 5. The molecule has 7 heteroatoms. The number of hydrogen-bond acceptors (Lipinski definition) is 2. The molecule has 0 saturated carbocycles. The lowest BCUT2D eigenvalue weighted by molar-refractivity contribution is 0.591. The van der Waals surface area contributed by atoms with Gasteiger partial charge in [-0.1, -0.05) is 139 Å². The van der Waals surface area contributed by atoms with E-state index in [1.807, 2.05) is 0 Å². The summed E-state index contributed by atoms with van der Waals surface area (Å²) in [4.78, 5) is 11.5. The molecular weight excluding hydrogens is 692 g/mol. The SMILES string of the molecule is Cc1cccc(C)c1B1c2cc(C(C)(C)C)cc3c2-n2c4c1c1ccccc1n4c1nc4c(nc1n1c5ccccc5c(c21)B3c1c(C)cccc1C)CCCC4. The van der Waals surface area contributed by atoms with E-state index in [2.05, 4.69) is 159 Å². The molecule has 0 amide bonds. The monoisotopic (exact) mass is 737 g/mol. The highest BCUT2D eigenvalue weighted by Crippen LogP contribution is 2.36. The zero-order chi connectivity index (χ0) is 38.6. The van der Waals surface area contributed by atoms with Crippen LogP contribution in [0.25, 0.3) is 50.1 Å². The summed E-state index contributed by atoms with van der Waals surface area (Å²) >= 11 is 0. The minimum atomic E-state index is -0.0767. The minimum Gasteiger partial charge on any atom is -0.283 e. The van der Waals surface area contributed by atoms with Crippen molar-refractivity contribution in [1.29, 1.82) is 0 Å².